The van der Waals surface area contributed by atoms with E-state index in [0.717, 1.165) is 58.5 Å². The number of anilines is 1. The number of amides is 1. The van der Waals surface area contributed by atoms with Gasteiger partial charge >= 0.3 is 0 Å². The van der Waals surface area contributed by atoms with E-state index in [1.807, 2.05) is 0 Å². The van der Waals surface area contributed by atoms with Gasteiger partial charge in [-0.05, 0) is 69.3 Å². The lowest BCUT2D eigenvalue weighted by atomic mass is 9.92. The van der Waals surface area contributed by atoms with Gasteiger partial charge in [0.2, 0.25) is 5.91 Å². The number of primary amides is 1. The van der Waals surface area contributed by atoms with Gasteiger partial charge in [-0.3, -0.25) is 9.69 Å². The van der Waals surface area contributed by atoms with Crippen molar-refractivity contribution < 1.29 is 9.53 Å². The Bertz CT molecular complexity index is 564. The minimum atomic E-state index is -0.145. The smallest absolute Gasteiger partial charge is 0.220 e. The number of piperidine rings is 1. The molecule has 0 aliphatic carbocycles. The highest BCUT2D eigenvalue weighted by Crippen LogP contribution is 2.23. The summed E-state index contributed by atoms with van der Waals surface area (Å²) in [6, 6.07) is 9.19. The van der Waals surface area contributed by atoms with E-state index in [2.05, 4.69) is 41.4 Å². The van der Waals surface area contributed by atoms with Crippen molar-refractivity contribution in [1.29, 1.82) is 0 Å². The molecule has 0 aromatic heterocycles. The molecule has 0 unspecified atom stereocenters. The summed E-state index contributed by atoms with van der Waals surface area (Å²) in [4.78, 5) is 13.7. The van der Waals surface area contributed by atoms with Crippen LogP contribution in [0.15, 0.2) is 24.3 Å². The topological polar surface area (TPSA) is 67.6 Å². The first-order valence-electron chi connectivity index (χ1n) is 9.56. The molecule has 25 heavy (non-hydrogen) atoms. The molecule has 2 aliphatic heterocycles. The molecule has 0 radical (unpaired) electrons. The van der Waals surface area contributed by atoms with Gasteiger partial charge < -0.3 is 15.8 Å². The van der Waals surface area contributed by atoms with E-state index >= 15 is 0 Å². The van der Waals surface area contributed by atoms with E-state index in [0.29, 0.717) is 12.0 Å². The molecule has 0 spiro atoms. The average molecular weight is 345 g/mol. The van der Waals surface area contributed by atoms with Gasteiger partial charge in [-0.25, -0.2) is 0 Å². The Morgan fingerprint density at radius 2 is 2.00 bits per heavy atom. The van der Waals surface area contributed by atoms with E-state index in [4.69, 9.17) is 10.5 Å². The molecular weight excluding hydrogens is 314 g/mol. The van der Waals surface area contributed by atoms with Crippen molar-refractivity contribution in [2.24, 2.45) is 17.6 Å². The van der Waals surface area contributed by atoms with Crippen molar-refractivity contribution >= 4 is 11.6 Å². The molecule has 5 nitrogen and oxygen atoms in total. The second-order valence-electron chi connectivity index (χ2n) is 7.54. The van der Waals surface area contributed by atoms with E-state index in [1.165, 1.54) is 11.3 Å². The highest BCUT2D eigenvalue weighted by molar-refractivity contribution is 5.76. The zero-order valence-electron chi connectivity index (χ0n) is 15.2. The SMILES string of the molecule is C[C@H](Nc1cccc(CN2CCC(C(N)=O)CC2)c1)C1CCOCC1. The standard InChI is InChI=1S/C20H31N3O2/c1-15(17-7-11-25-12-8-17)22-19-4-2-3-16(13-19)14-23-9-5-18(6-10-23)20(21)24/h2-4,13,15,17-18,22H,5-12,14H2,1H3,(H2,21,24)/t15-/m0/s1. The van der Waals surface area contributed by atoms with Gasteiger partial charge in [-0.15, -0.1) is 0 Å². The van der Waals surface area contributed by atoms with Crippen LogP contribution in [0.1, 0.15) is 38.2 Å². The number of nitrogens with one attached hydrogen (secondary N) is 1. The Labute approximate surface area is 150 Å². The molecule has 2 aliphatic rings. The Kier molecular flexibility index (Phi) is 6.32. The van der Waals surface area contributed by atoms with Crippen LogP contribution in [0.5, 0.6) is 0 Å². The number of hydrogen-bond donors (Lipinski definition) is 2. The average Bonchev–Trinajstić information content (AvgIpc) is 2.63. The number of likely N-dealkylation sites (tertiary alicyclic amines) is 1. The van der Waals surface area contributed by atoms with Crippen molar-refractivity contribution in [2.45, 2.75) is 45.2 Å². The monoisotopic (exact) mass is 345 g/mol. The number of rotatable bonds is 6. The Balaban J connectivity index is 1.52. The molecule has 2 fully saturated rings. The predicted molar refractivity (Wildman–Crippen MR) is 100 cm³/mol. The van der Waals surface area contributed by atoms with E-state index in [9.17, 15) is 4.79 Å². The fraction of sp³-hybridized carbons (Fsp3) is 0.650. The van der Waals surface area contributed by atoms with Crippen molar-refractivity contribution in [3.63, 3.8) is 0 Å². The van der Waals surface area contributed by atoms with E-state index in [-0.39, 0.29) is 11.8 Å². The van der Waals surface area contributed by atoms with Crippen LogP contribution in [0.2, 0.25) is 0 Å². The Morgan fingerprint density at radius 3 is 2.68 bits per heavy atom. The van der Waals surface area contributed by atoms with Crippen LogP contribution in [0, 0.1) is 11.8 Å². The van der Waals surface area contributed by atoms with Gasteiger partial charge in [0.05, 0.1) is 0 Å². The molecule has 0 bridgehead atoms. The molecule has 1 amide bonds. The highest BCUT2D eigenvalue weighted by Gasteiger charge is 2.23. The first kappa shape index (κ1) is 18.2. The second-order valence-corrected chi connectivity index (χ2v) is 7.54. The van der Waals surface area contributed by atoms with Crippen LogP contribution < -0.4 is 11.1 Å². The maximum atomic E-state index is 11.3. The third kappa shape index (κ3) is 5.19. The van der Waals surface area contributed by atoms with Crippen molar-refractivity contribution in [2.75, 3.05) is 31.6 Å². The predicted octanol–water partition coefficient (Wildman–Crippen LogP) is 2.61. The summed E-state index contributed by atoms with van der Waals surface area (Å²) in [5.41, 5.74) is 7.94. The number of nitrogens with two attached hydrogens (primary N) is 1. The third-order valence-corrected chi connectivity index (χ3v) is 5.69. The van der Waals surface area contributed by atoms with Crippen LogP contribution >= 0.6 is 0 Å². The Morgan fingerprint density at radius 1 is 1.28 bits per heavy atom. The second kappa shape index (κ2) is 8.68. The molecule has 5 heteroatoms. The van der Waals surface area contributed by atoms with Crippen LogP contribution in [0.3, 0.4) is 0 Å². The molecule has 3 N–H and O–H groups in total. The number of carbonyl (C=O) groups is 1. The first-order chi connectivity index (χ1) is 12.1. The van der Waals surface area contributed by atoms with Gasteiger partial charge in [0.1, 0.15) is 0 Å². The zero-order chi connectivity index (χ0) is 17.6. The third-order valence-electron chi connectivity index (χ3n) is 5.69. The fourth-order valence-electron chi connectivity index (χ4n) is 3.99. The summed E-state index contributed by atoms with van der Waals surface area (Å²) < 4.78 is 5.46. The quantitative estimate of drug-likeness (QED) is 0.832. The maximum Gasteiger partial charge on any atom is 0.220 e. The summed E-state index contributed by atoms with van der Waals surface area (Å²) in [6.07, 6.45) is 4.05. The summed E-state index contributed by atoms with van der Waals surface area (Å²) in [6.45, 7) is 6.88. The molecular formula is C20H31N3O2. The molecule has 1 aromatic rings. The van der Waals surface area contributed by atoms with Gasteiger partial charge in [0.15, 0.2) is 0 Å². The van der Waals surface area contributed by atoms with Crippen LogP contribution in [0.4, 0.5) is 5.69 Å². The van der Waals surface area contributed by atoms with Crippen LogP contribution in [-0.4, -0.2) is 43.2 Å². The minimum absolute atomic E-state index is 0.0598. The highest BCUT2D eigenvalue weighted by atomic mass is 16.5. The van der Waals surface area contributed by atoms with Crippen molar-refractivity contribution in [3.8, 4) is 0 Å². The van der Waals surface area contributed by atoms with Crippen molar-refractivity contribution in [1.82, 2.24) is 4.90 Å². The molecule has 2 saturated heterocycles. The maximum absolute atomic E-state index is 11.3. The van der Waals surface area contributed by atoms with Crippen LogP contribution in [0.25, 0.3) is 0 Å². The number of ether oxygens (including phenoxy) is 1. The summed E-state index contributed by atoms with van der Waals surface area (Å²) in [5.74, 6) is 0.600. The minimum Gasteiger partial charge on any atom is -0.382 e. The normalized spacial score (nSPS) is 21.8. The molecule has 1 aromatic carbocycles. The molecule has 1 atom stereocenters. The van der Waals surface area contributed by atoms with Crippen molar-refractivity contribution in [3.05, 3.63) is 29.8 Å². The summed E-state index contributed by atoms with van der Waals surface area (Å²) in [7, 11) is 0. The molecule has 2 heterocycles. The lowest BCUT2D eigenvalue weighted by molar-refractivity contribution is -0.123. The summed E-state index contributed by atoms with van der Waals surface area (Å²) in [5, 5.41) is 3.68. The lowest BCUT2D eigenvalue weighted by Crippen LogP contribution is -2.38. The first-order valence-corrected chi connectivity index (χ1v) is 9.56. The molecule has 138 valence electrons. The van der Waals surface area contributed by atoms with Gasteiger partial charge in [0.25, 0.3) is 0 Å². The van der Waals surface area contributed by atoms with Gasteiger partial charge in [-0.1, -0.05) is 12.1 Å². The zero-order valence-corrected chi connectivity index (χ0v) is 15.2. The molecule has 0 saturated carbocycles. The lowest BCUT2D eigenvalue weighted by Gasteiger charge is -2.31. The number of benzene rings is 1. The summed E-state index contributed by atoms with van der Waals surface area (Å²) >= 11 is 0. The fourth-order valence-corrected chi connectivity index (χ4v) is 3.99. The van der Waals surface area contributed by atoms with Gasteiger partial charge in [-0.2, -0.15) is 0 Å². The van der Waals surface area contributed by atoms with E-state index in [1.54, 1.807) is 0 Å². The largest absolute Gasteiger partial charge is 0.382 e. The van der Waals surface area contributed by atoms with E-state index < -0.39 is 0 Å². The van der Waals surface area contributed by atoms with Crippen LogP contribution in [-0.2, 0) is 16.1 Å². The number of hydrogen-bond acceptors (Lipinski definition) is 4. The molecule has 3 rings (SSSR count). The Hall–Kier alpha value is -1.59. The number of carbonyl (C=O) groups excluding carboxylic acids is 1. The van der Waals surface area contributed by atoms with Gasteiger partial charge in [0, 0.05) is 37.4 Å². The number of nitrogens with zero attached hydrogens (tertiary/aromatic N) is 1.